The zero-order chi connectivity index (χ0) is 21.1. The molecule has 0 bridgehead atoms. The van der Waals surface area contributed by atoms with Crippen LogP contribution in [-0.4, -0.2) is 9.91 Å². The van der Waals surface area contributed by atoms with Gasteiger partial charge in [-0.05, 0) is 24.3 Å². The number of thiazole rings is 1. The van der Waals surface area contributed by atoms with E-state index in [9.17, 15) is 15.4 Å². The topological polar surface area (TPSA) is 93.0 Å². The second kappa shape index (κ2) is 8.33. The third-order valence-electron chi connectivity index (χ3n) is 4.26. The Hall–Kier alpha value is -3.73. The summed E-state index contributed by atoms with van der Waals surface area (Å²) in [5.74, 6) is 1.09. The van der Waals surface area contributed by atoms with Crippen LogP contribution in [0.5, 0.6) is 0 Å². The Balaban J connectivity index is 1.64. The smallest absolute Gasteiger partial charge is 0.270 e. The van der Waals surface area contributed by atoms with Crippen LogP contribution in [0.4, 0.5) is 5.69 Å². The molecule has 0 fully saturated rings. The Kier molecular flexibility index (Phi) is 5.44. The van der Waals surface area contributed by atoms with Gasteiger partial charge < -0.3 is 4.42 Å². The molecular weight excluding hydrogens is 422 g/mol. The average Bonchev–Trinajstić information content (AvgIpc) is 3.42. The van der Waals surface area contributed by atoms with Crippen LogP contribution < -0.4 is 0 Å². The molecule has 0 spiro atoms. The molecule has 0 N–H and O–H groups in total. The number of furan rings is 1. The number of hydrogen-bond acceptors (Lipinski definition) is 6. The first-order valence-corrected chi connectivity index (χ1v) is 9.98. The summed E-state index contributed by atoms with van der Waals surface area (Å²) in [4.78, 5) is 15.0. The number of nitro benzene ring substituents is 1. The molecule has 0 aliphatic carbocycles. The summed E-state index contributed by atoms with van der Waals surface area (Å²) >= 11 is 7.49. The molecule has 0 unspecified atom stereocenters. The zero-order valence-electron chi connectivity index (χ0n) is 15.3. The summed E-state index contributed by atoms with van der Waals surface area (Å²) in [7, 11) is 0. The standard InChI is InChI=1S/C22H12ClN3O3S/c23-19-7-2-1-6-18(19)21-9-8-17(29-21)11-15(12-24)22-25-20(13-30-22)14-4-3-5-16(10-14)26(27)28/h1-11,13H/b15-11+. The van der Waals surface area contributed by atoms with Gasteiger partial charge >= 0.3 is 0 Å². The number of aromatic nitrogens is 1. The number of halogens is 1. The normalized spacial score (nSPS) is 11.3. The van der Waals surface area contributed by atoms with Crippen molar-refractivity contribution in [1.82, 2.24) is 4.98 Å². The molecule has 0 saturated carbocycles. The van der Waals surface area contributed by atoms with Crippen LogP contribution in [0, 0.1) is 21.4 Å². The number of allylic oxidation sites excluding steroid dienone is 1. The molecule has 146 valence electrons. The highest BCUT2D eigenvalue weighted by Gasteiger charge is 2.13. The van der Waals surface area contributed by atoms with E-state index in [0.29, 0.717) is 38.4 Å². The zero-order valence-corrected chi connectivity index (χ0v) is 16.9. The number of nitriles is 1. The molecule has 0 aliphatic heterocycles. The first kappa shape index (κ1) is 19.6. The molecule has 0 atom stereocenters. The minimum absolute atomic E-state index is 0.0132. The summed E-state index contributed by atoms with van der Waals surface area (Å²) in [6.07, 6.45) is 1.61. The van der Waals surface area contributed by atoms with Crippen molar-refractivity contribution >= 4 is 40.3 Å². The van der Waals surface area contributed by atoms with E-state index in [0.717, 1.165) is 5.56 Å². The first-order chi connectivity index (χ1) is 14.5. The lowest BCUT2D eigenvalue weighted by Gasteiger charge is -1.99. The maximum Gasteiger partial charge on any atom is 0.270 e. The fraction of sp³-hybridized carbons (Fsp3) is 0. The van der Waals surface area contributed by atoms with Crippen molar-refractivity contribution in [3.63, 3.8) is 0 Å². The van der Waals surface area contributed by atoms with E-state index in [1.54, 1.807) is 41.8 Å². The van der Waals surface area contributed by atoms with Crippen molar-refractivity contribution in [1.29, 1.82) is 5.26 Å². The van der Waals surface area contributed by atoms with Crippen LogP contribution in [0.3, 0.4) is 0 Å². The monoisotopic (exact) mass is 433 g/mol. The molecule has 2 aromatic carbocycles. The van der Waals surface area contributed by atoms with Gasteiger partial charge in [-0.1, -0.05) is 35.9 Å². The van der Waals surface area contributed by atoms with Gasteiger partial charge in [0.2, 0.25) is 0 Å². The Morgan fingerprint density at radius 2 is 2.03 bits per heavy atom. The van der Waals surface area contributed by atoms with E-state index in [1.165, 1.54) is 23.5 Å². The SMILES string of the molecule is N#C/C(=C\c1ccc(-c2ccccc2Cl)o1)c1nc(-c2cccc([N+](=O)[O-])c2)cs1. The Labute approximate surface area is 180 Å². The van der Waals surface area contributed by atoms with Crippen molar-refractivity contribution in [3.05, 3.63) is 91.9 Å². The molecule has 6 nitrogen and oxygen atoms in total. The van der Waals surface area contributed by atoms with E-state index in [2.05, 4.69) is 11.1 Å². The van der Waals surface area contributed by atoms with Gasteiger partial charge in [0.05, 0.1) is 21.2 Å². The van der Waals surface area contributed by atoms with Crippen molar-refractivity contribution in [2.24, 2.45) is 0 Å². The lowest BCUT2D eigenvalue weighted by Crippen LogP contribution is -1.88. The average molecular weight is 434 g/mol. The number of hydrogen-bond donors (Lipinski definition) is 0. The van der Waals surface area contributed by atoms with Crippen molar-refractivity contribution < 1.29 is 9.34 Å². The van der Waals surface area contributed by atoms with Crippen molar-refractivity contribution in [3.8, 4) is 28.7 Å². The molecule has 0 aliphatic rings. The third-order valence-corrected chi connectivity index (χ3v) is 5.47. The molecule has 4 rings (SSSR count). The number of benzene rings is 2. The van der Waals surface area contributed by atoms with Gasteiger partial charge in [-0.15, -0.1) is 11.3 Å². The highest BCUT2D eigenvalue weighted by molar-refractivity contribution is 7.11. The van der Waals surface area contributed by atoms with Gasteiger partial charge in [-0.3, -0.25) is 10.1 Å². The Morgan fingerprint density at radius 1 is 1.20 bits per heavy atom. The quantitative estimate of drug-likeness (QED) is 0.198. The molecular formula is C22H12ClN3O3S. The third kappa shape index (κ3) is 4.01. The van der Waals surface area contributed by atoms with Gasteiger partial charge in [0, 0.05) is 34.7 Å². The molecule has 30 heavy (non-hydrogen) atoms. The number of rotatable bonds is 5. The molecule has 2 aromatic heterocycles. The van der Waals surface area contributed by atoms with Crippen LogP contribution in [0.15, 0.2) is 70.5 Å². The van der Waals surface area contributed by atoms with E-state index >= 15 is 0 Å². The largest absolute Gasteiger partial charge is 0.457 e. The van der Waals surface area contributed by atoms with E-state index < -0.39 is 4.92 Å². The second-order valence-corrected chi connectivity index (χ2v) is 7.46. The lowest BCUT2D eigenvalue weighted by atomic mass is 10.1. The minimum atomic E-state index is -0.453. The van der Waals surface area contributed by atoms with Crippen LogP contribution >= 0.6 is 22.9 Å². The van der Waals surface area contributed by atoms with Crippen LogP contribution in [0.2, 0.25) is 5.02 Å². The van der Waals surface area contributed by atoms with Crippen LogP contribution in [0.25, 0.3) is 34.2 Å². The summed E-state index contributed by atoms with van der Waals surface area (Å²) in [5, 5.41) is 23.4. The van der Waals surface area contributed by atoms with Crippen LogP contribution in [0.1, 0.15) is 10.8 Å². The van der Waals surface area contributed by atoms with Gasteiger partial charge in [-0.2, -0.15) is 5.26 Å². The van der Waals surface area contributed by atoms with E-state index in [-0.39, 0.29) is 5.69 Å². The first-order valence-electron chi connectivity index (χ1n) is 8.72. The highest BCUT2D eigenvalue weighted by atomic mass is 35.5. The second-order valence-electron chi connectivity index (χ2n) is 6.20. The maximum absolute atomic E-state index is 11.0. The number of non-ortho nitro benzene ring substituents is 1. The van der Waals surface area contributed by atoms with E-state index in [1.807, 2.05) is 18.2 Å². The summed E-state index contributed by atoms with van der Waals surface area (Å²) < 4.78 is 5.83. The number of nitrogens with zero attached hydrogens (tertiary/aromatic N) is 3. The van der Waals surface area contributed by atoms with Crippen molar-refractivity contribution in [2.75, 3.05) is 0 Å². The summed E-state index contributed by atoms with van der Waals surface area (Å²) in [6.45, 7) is 0. The predicted octanol–water partition coefficient (Wildman–Crippen LogP) is 6.70. The fourth-order valence-corrected chi connectivity index (χ4v) is 3.85. The molecule has 8 heteroatoms. The Bertz CT molecular complexity index is 1320. The van der Waals surface area contributed by atoms with E-state index in [4.69, 9.17) is 16.0 Å². The molecule has 2 heterocycles. The van der Waals surface area contributed by atoms with Crippen LogP contribution in [-0.2, 0) is 0 Å². The summed E-state index contributed by atoms with van der Waals surface area (Å²) in [5.41, 5.74) is 2.26. The van der Waals surface area contributed by atoms with Gasteiger partial charge in [0.15, 0.2) is 0 Å². The minimum Gasteiger partial charge on any atom is -0.457 e. The molecule has 0 saturated heterocycles. The van der Waals surface area contributed by atoms with Gasteiger partial charge in [0.1, 0.15) is 22.6 Å². The lowest BCUT2D eigenvalue weighted by molar-refractivity contribution is -0.384. The predicted molar refractivity (Wildman–Crippen MR) is 117 cm³/mol. The number of nitro groups is 1. The highest BCUT2D eigenvalue weighted by Crippen LogP contribution is 2.32. The van der Waals surface area contributed by atoms with Gasteiger partial charge in [-0.25, -0.2) is 4.98 Å². The summed E-state index contributed by atoms with van der Waals surface area (Å²) in [6, 6.07) is 19.2. The molecule has 0 amide bonds. The maximum atomic E-state index is 11.0. The molecule has 4 aromatic rings. The Morgan fingerprint density at radius 3 is 2.80 bits per heavy atom. The van der Waals surface area contributed by atoms with Crippen molar-refractivity contribution in [2.45, 2.75) is 0 Å². The van der Waals surface area contributed by atoms with Gasteiger partial charge in [0.25, 0.3) is 5.69 Å². The molecule has 0 radical (unpaired) electrons. The fourth-order valence-electron chi connectivity index (χ4n) is 2.83.